The van der Waals surface area contributed by atoms with Crippen LogP contribution in [-0.4, -0.2) is 19.8 Å². The predicted octanol–water partition coefficient (Wildman–Crippen LogP) is 2.52. The Balaban J connectivity index is 2.34. The van der Waals surface area contributed by atoms with Crippen LogP contribution in [0.15, 0.2) is 30.3 Å². The van der Waals surface area contributed by atoms with Gasteiger partial charge in [-0.25, -0.2) is 0 Å². The van der Waals surface area contributed by atoms with Crippen molar-refractivity contribution in [2.24, 2.45) is 0 Å². The van der Waals surface area contributed by atoms with E-state index in [0.29, 0.717) is 6.10 Å². The molecule has 13 heavy (non-hydrogen) atoms. The van der Waals surface area contributed by atoms with Gasteiger partial charge in [-0.05, 0) is 18.6 Å². The average molecular weight is 179 g/mol. The molecule has 0 amide bonds. The van der Waals surface area contributed by atoms with E-state index >= 15 is 0 Å². The first-order valence-corrected chi connectivity index (χ1v) is 4.68. The second kappa shape index (κ2) is 5.60. The molecule has 0 aromatic heterocycles. The molecule has 72 valence electrons. The molecule has 1 N–H and O–H groups in total. The van der Waals surface area contributed by atoms with Crippen LogP contribution in [0.25, 0.3) is 0 Å². The Labute approximate surface area is 79.9 Å². The van der Waals surface area contributed by atoms with Crippen LogP contribution in [0.2, 0.25) is 0 Å². The Morgan fingerprint density at radius 3 is 2.54 bits per heavy atom. The van der Waals surface area contributed by atoms with E-state index in [1.54, 1.807) is 7.11 Å². The molecular weight excluding hydrogens is 162 g/mol. The molecule has 1 atom stereocenters. The number of methoxy groups -OCH3 is 1. The van der Waals surface area contributed by atoms with Crippen LogP contribution in [0.3, 0.4) is 0 Å². The highest BCUT2D eigenvalue weighted by Gasteiger charge is 2.02. The number of anilines is 1. The van der Waals surface area contributed by atoms with Crippen LogP contribution in [0.4, 0.5) is 5.69 Å². The van der Waals surface area contributed by atoms with Gasteiger partial charge in [0, 0.05) is 19.3 Å². The molecule has 1 rings (SSSR count). The van der Waals surface area contributed by atoms with Crippen molar-refractivity contribution in [3.05, 3.63) is 30.3 Å². The van der Waals surface area contributed by atoms with Gasteiger partial charge in [0.25, 0.3) is 0 Å². The highest BCUT2D eigenvalue weighted by molar-refractivity contribution is 5.42. The number of nitrogens with one attached hydrogen (secondary N) is 1. The first kappa shape index (κ1) is 10.1. The quantitative estimate of drug-likeness (QED) is 0.750. The Hall–Kier alpha value is -1.02. The van der Waals surface area contributed by atoms with Crippen molar-refractivity contribution < 1.29 is 4.74 Å². The largest absolute Gasteiger partial charge is 0.382 e. The van der Waals surface area contributed by atoms with Crippen molar-refractivity contribution in [3.63, 3.8) is 0 Å². The van der Waals surface area contributed by atoms with Crippen molar-refractivity contribution in [1.29, 1.82) is 0 Å². The highest BCUT2D eigenvalue weighted by Crippen LogP contribution is 2.06. The summed E-state index contributed by atoms with van der Waals surface area (Å²) in [5.74, 6) is 0. The second-order valence-electron chi connectivity index (χ2n) is 3.01. The topological polar surface area (TPSA) is 21.3 Å². The standard InChI is InChI=1S/C11H17NO/c1-3-11(13-2)9-12-10-7-5-4-6-8-10/h4-8,11-12H,3,9H2,1-2H3. The van der Waals surface area contributed by atoms with E-state index in [4.69, 9.17) is 4.74 Å². The summed E-state index contributed by atoms with van der Waals surface area (Å²) in [5.41, 5.74) is 1.15. The van der Waals surface area contributed by atoms with Gasteiger partial charge in [0.2, 0.25) is 0 Å². The summed E-state index contributed by atoms with van der Waals surface area (Å²) in [6, 6.07) is 10.2. The third kappa shape index (κ3) is 3.47. The molecule has 0 saturated heterocycles. The highest BCUT2D eigenvalue weighted by atomic mass is 16.5. The van der Waals surface area contributed by atoms with E-state index in [1.165, 1.54) is 0 Å². The molecule has 1 unspecified atom stereocenters. The van der Waals surface area contributed by atoms with Crippen LogP contribution >= 0.6 is 0 Å². The Kier molecular flexibility index (Phi) is 4.33. The van der Waals surface area contributed by atoms with E-state index in [1.807, 2.05) is 18.2 Å². The van der Waals surface area contributed by atoms with Crippen molar-refractivity contribution in [2.75, 3.05) is 19.0 Å². The molecule has 0 aliphatic heterocycles. The summed E-state index contributed by atoms with van der Waals surface area (Å²) in [4.78, 5) is 0. The molecule has 0 saturated carbocycles. The van der Waals surface area contributed by atoms with Crippen LogP contribution in [-0.2, 0) is 4.74 Å². The monoisotopic (exact) mass is 179 g/mol. The molecule has 0 bridgehead atoms. The zero-order chi connectivity index (χ0) is 9.52. The fraction of sp³-hybridized carbons (Fsp3) is 0.455. The fourth-order valence-electron chi connectivity index (χ4n) is 1.18. The molecule has 2 heteroatoms. The zero-order valence-electron chi connectivity index (χ0n) is 8.29. The minimum atomic E-state index is 0.306. The van der Waals surface area contributed by atoms with E-state index in [2.05, 4.69) is 24.4 Å². The lowest BCUT2D eigenvalue weighted by molar-refractivity contribution is 0.110. The van der Waals surface area contributed by atoms with Crippen molar-refractivity contribution in [2.45, 2.75) is 19.4 Å². The number of hydrogen-bond acceptors (Lipinski definition) is 2. The number of hydrogen-bond donors (Lipinski definition) is 1. The maximum Gasteiger partial charge on any atom is 0.0740 e. The molecular formula is C11H17NO. The van der Waals surface area contributed by atoms with Crippen molar-refractivity contribution >= 4 is 5.69 Å². The molecule has 2 nitrogen and oxygen atoms in total. The summed E-state index contributed by atoms with van der Waals surface area (Å²) in [5, 5.41) is 3.32. The second-order valence-corrected chi connectivity index (χ2v) is 3.01. The summed E-state index contributed by atoms with van der Waals surface area (Å²) < 4.78 is 5.26. The molecule has 0 heterocycles. The first-order valence-electron chi connectivity index (χ1n) is 4.68. The molecule has 1 aromatic carbocycles. The number of para-hydroxylation sites is 1. The third-order valence-electron chi connectivity index (χ3n) is 2.10. The summed E-state index contributed by atoms with van der Waals surface area (Å²) in [7, 11) is 1.75. The molecule has 0 aliphatic rings. The summed E-state index contributed by atoms with van der Waals surface area (Å²) in [6.07, 6.45) is 1.34. The predicted molar refractivity (Wildman–Crippen MR) is 56.0 cm³/mol. The first-order chi connectivity index (χ1) is 6.36. The Bertz CT molecular complexity index is 219. The summed E-state index contributed by atoms with van der Waals surface area (Å²) in [6.45, 7) is 3.00. The average Bonchev–Trinajstić information content (AvgIpc) is 2.21. The smallest absolute Gasteiger partial charge is 0.0740 e. The van der Waals surface area contributed by atoms with Gasteiger partial charge in [0.15, 0.2) is 0 Å². The molecule has 1 aromatic rings. The SMILES string of the molecule is CCC(CNc1ccccc1)OC. The maximum atomic E-state index is 5.26. The van der Waals surface area contributed by atoms with Gasteiger partial charge in [0.1, 0.15) is 0 Å². The van der Waals surface area contributed by atoms with E-state index < -0.39 is 0 Å². The molecule has 0 radical (unpaired) electrons. The van der Waals surface area contributed by atoms with Gasteiger partial charge in [-0.3, -0.25) is 0 Å². The number of benzene rings is 1. The van der Waals surface area contributed by atoms with Gasteiger partial charge in [0.05, 0.1) is 6.10 Å². The lowest BCUT2D eigenvalue weighted by atomic mass is 10.2. The van der Waals surface area contributed by atoms with Crippen molar-refractivity contribution in [1.82, 2.24) is 0 Å². The Morgan fingerprint density at radius 1 is 1.31 bits per heavy atom. The van der Waals surface area contributed by atoms with Crippen LogP contribution in [0, 0.1) is 0 Å². The van der Waals surface area contributed by atoms with E-state index in [-0.39, 0.29) is 0 Å². The van der Waals surface area contributed by atoms with Gasteiger partial charge in [-0.1, -0.05) is 25.1 Å². The lowest BCUT2D eigenvalue weighted by Gasteiger charge is -2.14. The summed E-state index contributed by atoms with van der Waals surface area (Å²) >= 11 is 0. The number of rotatable bonds is 5. The lowest BCUT2D eigenvalue weighted by Crippen LogP contribution is -2.20. The van der Waals surface area contributed by atoms with Crippen molar-refractivity contribution in [3.8, 4) is 0 Å². The van der Waals surface area contributed by atoms with Gasteiger partial charge in [-0.2, -0.15) is 0 Å². The molecule has 0 aliphatic carbocycles. The number of ether oxygens (including phenoxy) is 1. The Morgan fingerprint density at radius 2 is 2.00 bits per heavy atom. The molecule has 0 spiro atoms. The van der Waals surface area contributed by atoms with Gasteiger partial charge in [-0.15, -0.1) is 0 Å². The maximum absolute atomic E-state index is 5.26. The minimum Gasteiger partial charge on any atom is -0.382 e. The van der Waals surface area contributed by atoms with E-state index in [9.17, 15) is 0 Å². The minimum absolute atomic E-state index is 0.306. The molecule has 0 fully saturated rings. The van der Waals surface area contributed by atoms with Crippen LogP contribution < -0.4 is 5.32 Å². The third-order valence-corrected chi connectivity index (χ3v) is 2.10. The van der Waals surface area contributed by atoms with Gasteiger partial charge >= 0.3 is 0 Å². The normalized spacial score (nSPS) is 12.5. The van der Waals surface area contributed by atoms with Gasteiger partial charge < -0.3 is 10.1 Å². The zero-order valence-corrected chi connectivity index (χ0v) is 8.29. The van der Waals surface area contributed by atoms with E-state index in [0.717, 1.165) is 18.7 Å². The van der Waals surface area contributed by atoms with Crippen LogP contribution in [0.5, 0.6) is 0 Å². The fourth-order valence-corrected chi connectivity index (χ4v) is 1.18. The van der Waals surface area contributed by atoms with Crippen LogP contribution in [0.1, 0.15) is 13.3 Å².